The van der Waals surface area contributed by atoms with E-state index < -0.39 is 11.7 Å². The van der Waals surface area contributed by atoms with Crippen molar-refractivity contribution < 1.29 is 13.6 Å². The lowest BCUT2D eigenvalue weighted by Gasteiger charge is -2.08. The highest BCUT2D eigenvalue weighted by Gasteiger charge is 2.11. The molecule has 1 aromatic heterocycles. The molecule has 0 radical (unpaired) electrons. The first-order chi connectivity index (χ1) is 12.5. The van der Waals surface area contributed by atoms with Gasteiger partial charge in [-0.15, -0.1) is 0 Å². The van der Waals surface area contributed by atoms with Gasteiger partial charge in [0.2, 0.25) is 0 Å². The molecule has 0 aliphatic rings. The number of aromatic nitrogens is 2. The number of rotatable bonds is 5. The van der Waals surface area contributed by atoms with Crippen molar-refractivity contribution in [2.75, 3.05) is 10.6 Å². The lowest BCUT2D eigenvalue weighted by molar-refractivity contribution is 0.102. The summed E-state index contributed by atoms with van der Waals surface area (Å²) in [5, 5.41) is 5.40. The van der Waals surface area contributed by atoms with Crippen LogP contribution in [0, 0.1) is 11.6 Å². The van der Waals surface area contributed by atoms with E-state index in [1.807, 2.05) is 0 Å². The molecular formula is C18H13ClF2N4O. The van der Waals surface area contributed by atoms with Crippen LogP contribution < -0.4 is 10.6 Å². The van der Waals surface area contributed by atoms with Crippen molar-refractivity contribution in [1.29, 1.82) is 0 Å². The molecule has 0 bridgehead atoms. The van der Waals surface area contributed by atoms with Crippen molar-refractivity contribution in [2.24, 2.45) is 0 Å². The maximum atomic E-state index is 13.6. The average molecular weight is 375 g/mol. The van der Waals surface area contributed by atoms with Crippen LogP contribution in [0.2, 0.25) is 5.02 Å². The molecule has 0 saturated heterocycles. The van der Waals surface area contributed by atoms with E-state index in [0.717, 1.165) is 6.07 Å². The molecule has 0 aliphatic carbocycles. The Morgan fingerprint density at radius 3 is 2.62 bits per heavy atom. The van der Waals surface area contributed by atoms with E-state index in [0.29, 0.717) is 17.1 Å². The minimum absolute atomic E-state index is 0.0940. The van der Waals surface area contributed by atoms with Crippen molar-refractivity contribution in [2.45, 2.75) is 6.54 Å². The van der Waals surface area contributed by atoms with Gasteiger partial charge < -0.3 is 10.6 Å². The Morgan fingerprint density at radius 1 is 1.04 bits per heavy atom. The number of halogens is 3. The van der Waals surface area contributed by atoms with Gasteiger partial charge in [0.15, 0.2) is 0 Å². The standard InChI is InChI=1S/C18H13ClF2N4O/c19-13-7-12(5-6-15(13)21)25-18(26)16-8-17(24-10-23-16)22-9-11-3-1-2-4-14(11)20/h1-8,10H,9H2,(H,25,26)(H,22,23,24). The smallest absolute Gasteiger partial charge is 0.274 e. The Balaban J connectivity index is 1.69. The number of carbonyl (C=O) groups is 1. The van der Waals surface area contributed by atoms with Crippen LogP contribution in [0.15, 0.2) is 54.9 Å². The first-order valence-corrected chi connectivity index (χ1v) is 7.96. The van der Waals surface area contributed by atoms with Gasteiger partial charge in [0, 0.05) is 23.9 Å². The third-order valence-electron chi connectivity index (χ3n) is 3.49. The number of amides is 1. The lowest BCUT2D eigenvalue weighted by Crippen LogP contribution is -2.15. The second kappa shape index (κ2) is 7.88. The van der Waals surface area contributed by atoms with Crippen LogP contribution in [0.4, 0.5) is 20.3 Å². The Bertz CT molecular complexity index is 952. The molecule has 1 amide bonds. The highest BCUT2D eigenvalue weighted by atomic mass is 35.5. The monoisotopic (exact) mass is 374 g/mol. The normalized spacial score (nSPS) is 10.4. The summed E-state index contributed by atoms with van der Waals surface area (Å²) in [6.45, 7) is 0.207. The number of nitrogens with zero attached hydrogens (tertiary/aromatic N) is 2. The molecule has 0 fully saturated rings. The Labute approximate surface area is 153 Å². The second-order valence-corrected chi connectivity index (χ2v) is 5.72. The first kappa shape index (κ1) is 17.8. The van der Waals surface area contributed by atoms with Crippen LogP contribution >= 0.6 is 11.6 Å². The van der Waals surface area contributed by atoms with Crippen molar-refractivity contribution >= 4 is 29.0 Å². The highest BCUT2D eigenvalue weighted by molar-refractivity contribution is 6.31. The summed E-state index contributed by atoms with van der Waals surface area (Å²) in [5.74, 6) is -1.05. The molecule has 0 saturated carbocycles. The summed E-state index contributed by atoms with van der Waals surface area (Å²) in [7, 11) is 0. The molecular weight excluding hydrogens is 362 g/mol. The van der Waals surface area contributed by atoms with Crippen LogP contribution in [0.5, 0.6) is 0 Å². The van der Waals surface area contributed by atoms with Gasteiger partial charge in [0.1, 0.15) is 29.5 Å². The molecule has 3 aromatic rings. The average Bonchev–Trinajstić information content (AvgIpc) is 2.64. The molecule has 0 aliphatic heterocycles. The fourth-order valence-corrected chi connectivity index (χ4v) is 2.36. The van der Waals surface area contributed by atoms with E-state index >= 15 is 0 Å². The Kier molecular flexibility index (Phi) is 5.38. The van der Waals surface area contributed by atoms with E-state index in [1.54, 1.807) is 18.2 Å². The number of anilines is 2. The zero-order valence-corrected chi connectivity index (χ0v) is 14.1. The van der Waals surface area contributed by atoms with Gasteiger partial charge in [0.25, 0.3) is 5.91 Å². The van der Waals surface area contributed by atoms with E-state index in [9.17, 15) is 13.6 Å². The van der Waals surface area contributed by atoms with Gasteiger partial charge in [-0.3, -0.25) is 4.79 Å². The summed E-state index contributed by atoms with van der Waals surface area (Å²) < 4.78 is 26.8. The third kappa shape index (κ3) is 4.31. The van der Waals surface area contributed by atoms with Gasteiger partial charge in [-0.05, 0) is 24.3 Å². The van der Waals surface area contributed by atoms with Gasteiger partial charge in [-0.25, -0.2) is 18.7 Å². The van der Waals surface area contributed by atoms with Crippen molar-refractivity contribution in [1.82, 2.24) is 9.97 Å². The van der Waals surface area contributed by atoms with Crippen LogP contribution in [0.3, 0.4) is 0 Å². The summed E-state index contributed by atoms with van der Waals surface area (Å²) in [5.41, 5.74) is 0.899. The third-order valence-corrected chi connectivity index (χ3v) is 3.78. The van der Waals surface area contributed by atoms with E-state index in [1.165, 1.54) is 30.6 Å². The van der Waals surface area contributed by atoms with E-state index in [4.69, 9.17) is 11.6 Å². The minimum atomic E-state index is -0.577. The van der Waals surface area contributed by atoms with Gasteiger partial charge in [-0.1, -0.05) is 29.8 Å². The van der Waals surface area contributed by atoms with Gasteiger partial charge >= 0.3 is 0 Å². The molecule has 1 heterocycles. The minimum Gasteiger partial charge on any atom is -0.366 e. The summed E-state index contributed by atoms with van der Waals surface area (Å²) in [4.78, 5) is 20.2. The Morgan fingerprint density at radius 2 is 1.85 bits per heavy atom. The first-order valence-electron chi connectivity index (χ1n) is 7.58. The van der Waals surface area contributed by atoms with Crippen LogP contribution in [-0.2, 0) is 6.54 Å². The zero-order valence-electron chi connectivity index (χ0n) is 13.3. The summed E-state index contributed by atoms with van der Waals surface area (Å²) in [6, 6.07) is 11.6. The van der Waals surface area contributed by atoms with E-state index in [-0.39, 0.29) is 23.1 Å². The summed E-state index contributed by atoms with van der Waals surface area (Å²) in [6.07, 6.45) is 1.22. The second-order valence-electron chi connectivity index (χ2n) is 5.32. The molecule has 132 valence electrons. The molecule has 8 heteroatoms. The zero-order chi connectivity index (χ0) is 18.5. The molecule has 3 rings (SSSR count). The fraction of sp³-hybridized carbons (Fsp3) is 0.0556. The lowest BCUT2D eigenvalue weighted by atomic mass is 10.2. The van der Waals surface area contributed by atoms with Crippen molar-refractivity contribution in [3.63, 3.8) is 0 Å². The van der Waals surface area contributed by atoms with Crippen LogP contribution in [0.25, 0.3) is 0 Å². The van der Waals surface area contributed by atoms with Crippen LogP contribution in [0.1, 0.15) is 16.1 Å². The number of nitrogens with one attached hydrogen (secondary N) is 2. The number of benzene rings is 2. The fourth-order valence-electron chi connectivity index (χ4n) is 2.17. The topological polar surface area (TPSA) is 66.9 Å². The van der Waals surface area contributed by atoms with Gasteiger partial charge in [-0.2, -0.15) is 0 Å². The molecule has 0 atom stereocenters. The maximum Gasteiger partial charge on any atom is 0.274 e. The number of hydrogen-bond donors (Lipinski definition) is 2. The highest BCUT2D eigenvalue weighted by Crippen LogP contribution is 2.20. The predicted molar refractivity (Wildman–Crippen MR) is 95.1 cm³/mol. The summed E-state index contributed by atoms with van der Waals surface area (Å²) >= 11 is 5.69. The number of carbonyl (C=O) groups excluding carboxylic acids is 1. The molecule has 5 nitrogen and oxygen atoms in total. The molecule has 0 spiro atoms. The van der Waals surface area contributed by atoms with E-state index in [2.05, 4.69) is 20.6 Å². The molecule has 0 unspecified atom stereocenters. The molecule has 2 aromatic carbocycles. The van der Waals surface area contributed by atoms with Crippen molar-refractivity contribution in [3.8, 4) is 0 Å². The predicted octanol–water partition coefficient (Wildman–Crippen LogP) is 4.27. The van der Waals surface area contributed by atoms with Crippen LogP contribution in [-0.4, -0.2) is 15.9 Å². The van der Waals surface area contributed by atoms with Crippen molar-refractivity contribution in [3.05, 3.63) is 82.8 Å². The van der Waals surface area contributed by atoms with Gasteiger partial charge in [0.05, 0.1) is 5.02 Å². The quantitative estimate of drug-likeness (QED) is 0.699. The Hall–Kier alpha value is -3.06. The SMILES string of the molecule is O=C(Nc1ccc(F)c(Cl)c1)c1cc(NCc2ccccc2F)ncn1. The maximum absolute atomic E-state index is 13.6. The number of hydrogen-bond acceptors (Lipinski definition) is 4. The molecule has 26 heavy (non-hydrogen) atoms. The largest absolute Gasteiger partial charge is 0.366 e. The molecule has 2 N–H and O–H groups in total.